The Labute approximate surface area is 199 Å². The highest BCUT2D eigenvalue weighted by molar-refractivity contribution is 6.33. The van der Waals surface area contributed by atoms with Crippen LogP contribution in [-0.4, -0.2) is 73.6 Å². The molecule has 33 heavy (non-hydrogen) atoms. The van der Waals surface area contributed by atoms with E-state index in [1.54, 1.807) is 16.5 Å². The van der Waals surface area contributed by atoms with Crippen LogP contribution in [0, 0.1) is 0 Å². The van der Waals surface area contributed by atoms with Crippen LogP contribution in [0.5, 0.6) is 0 Å². The number of carbonyl (C=O) groups excluding carboxylic acids is 1. The number of hydrogen-bond donors (Lipinski definition) is 1. The van der Waals surface area contributed by atoms with Crippen molar-refractivity contribution in [2.75, 3.05) is 51.1 Å². The number of amides is 1. The molecule has 9 nitrogen and oxygen atoms in total. The second-order valence-corrected chi connectivity index (χ2v) is 8.56. The van der Waals surface area contributed by atoms with Gasteiger partial charge in [-0.3, -0.25) is 9.36 Å². The Morgan fingerprint density at radius 2 is 2.03 bits per heavy atom. The fourth-order valence-electron chi connectivity index (χ4n) is 4.02. The highest BCUT2D eigenvalue weighted by atomic mass is 35.5. The lowest BCUT2D eigenvalue weighted by Gasteiger charge is -2.24. The number of carbonyl (C=O) groups is 1. The van der Waals surface area contributed by atoms with E-state index in [1.165, 1.54) is 7.11 Å². The second-order valence-electron chi connectivity index (χ2n) is 8.15. The topological polar surface area (TPSA) is 88.9 Å². The van der Waals surface area contributed by atoms with Crippen molar-refractivity contribution in [1.82, 2.24) is 14.5 Å². The first-order valence-electron chi connectivity index (χ1n) is 11.0. The van der Waals surface area contributed by atoms with Gasteiger partial charge in [0.2, 0.25) is 0 Å². The zero-order chi connectivity index (χ0) is 24.3. The van der Waals surface area contributed by atoms with Gasteiger partial charge in [-0.15, -0.1) is 0 Å². The number of likely N-dealkylation sites (tertiary alicyclic amines) is 1. The van der Waals surface area contributed by atoms with Gasteiger partial charge < -0.3 is 24.6 Å². The number of benzene rings is 1. The molecule has 1 aromatic carbocycles. The van der Waals surface area contributed by atoms with Gasteiger partial charge in [0.1, 0.15) is 11.5 Å². The predicted octanol–water partition coefficient (Wildman–Crippen LogP) is 3.00. The number of rotatable bonds is 7. The Morgan fingerprint density at radius 1 is 1.30 bits per heavy atom. The van der Waals surface area contributed by atoms with Crippen LogP contribution in [0.2, 0.25) is 5.02 Å². The van der Waals surface area contributed by atoms with Crippen LogP contribution in [0.15, 0.2) is 23.0 Å². The molecular weight excluding hydrogens is 446 g/mol. The number of nitrogens with zero attached hydrogens (tertiary/aromatic N) is 4. The van der Waals surface area contributed by atoms with E-state index in [9.17, 15) is 9.59 Å². The summed E-state index contributed by atoms with van der Waals surface area (Å²) in [6.45, 7) is 5.21. The number of methoxy groups -OCH3 is 1. The third kappa shape index (κ3) is 5.09. The predicted molar refractivity (Wildman–Crippen MR) is 130 cm³/mol. The van der Waals surface area contributed by atoms with E-state index in [0.717, 1.165) is 11.4 Å². The summed E-state index contributed by atoms with van der Waals surface area (Å²) < 4.78 is 12.3. The highest BCUT2D eigenvalue weighted by Crippen LogP contribution is 2.30. The standard InChI is InChI=1S/C23H32ClN5O4/c1-7-17-21(26-18-12-29(23(31)32-6)13-19(18)33-8-2)28(5)22(30)20(25-17)15-10-9-14(27(3)4)11-16(15)24/h9-11,18-19,26H,7-8,12-13H2,1-6H3/t18?,19-/m0/s1. The van der Waals surface area contributed by atoms with Crippen molar-refractivity contribution in [2.45, 2.75) is 32.4 Å². The van der Waals surface area contributed by atoms with Gasteiger partial charge in [-0.1, -0.05) is 18.5 Å². The van der Waals surface area contributed by atoms with E-state index < -0.39 is 6.09 Å². The number of anilines is 2. The quantitative estimate of drug-likeness (QED) is 0.655. The Balaban J connectivity index is 1.99. The fourth-order valence-corrected chi connectivity index (χ4v) is 4.28. The molecule has 1 aliphatic rings. The van der Waals surface area contributed by atoms with Gasteiger partial charge in [0.25, 0.3) is 5.56 Å². The SMILES string of the molecule is CCO[C@H]1CN(C(=O)OC)CC1Nc1c(CC)nc(-c2ccc(N(C)C)cc2Cl)c(=O)n1C. The molecule has 0 radical (unpaired) electrons. The maximum atomic E-state index is 13.3. The summed E-state index contributed by atoms with van der Waals surface area (Å²) in [6.07, 6.45) is -0.0386. The Bertz CT molecular complexity index is 1070. The molecule has 0 spiro atoms. The number of nitrogens with one attached hydrogen (secondary N) is 1. The molecular formula is C23H32ClN5O4. The molecule has 3 rings (SSSR count). The third-order valence-corrected chi connectivity index (χ3v) is 6.14. The Kier molecular flexibility index (Phi) is 7.86. The molecule has 0 saturated carbocycles. The summed E-state index contributed by atoms with van der Waals surface area (Å²) in [5.74, 6) is 0.605. The van der Waals surface area contributed by atoms with Crippen molar-refractivity contribution in [3.63, 3.8) is 0 Å². The summed E-state index contributed by atoms with van der Waals surface area (Å²) in [4.78, 5) is 33.6. The normalized spacial score (nSPS) is 17.8. The first-order valence-corrected chi connectivity index (χ1v) is 11.4. The number of halogens is 1. The van der Waals surface area contributed by atoms with Crippen LogP contribution in [0.25, 0.3) is 11.3 Å². The van der Waals surface area contributed by atoms with Gasteiger partial charge in [0.05, 0.1) is 36.5 Å². The molecule has 1 fully saturated rings. The Morgan fingerprint density at radius 3 is 2.61 bits per heavy atom. The minimum atomic E-state index is -0.405. The molecule has 0 bridgehead atoms. The lowest BCUT2D eigenvalue weighted by Crippen LogP contribution is -2.37. The van der Waals surface area contributed by atoms with Crippen LogP contribution in [0.4, 0.5) is 16.3 Å². The van der Waals surface area contributed by atoms with E-state index in [4.69, 9.17) is 26.1 Å². The van der Waals surface area contributed by atoms with Crippen LogP contribution in [0.1, 0.15) is 19.5 Å². The van der Waals surface area contributed by atoms with E-state index in [2.05, 4.69) is 5.32 Å². The summed E-state index contributed by atoms with van der Waals surface area (Å²) in [6, 6.07) is 5.34. The van der Waals surface area contributed by atoms with Crippen LogP contribution in [-0.2, 0) is 22.9 Å². The number of aryl methyl sites for hydroxylation is 1. The van der Waals surface area contributed by atoms with Crippen molar-refractivity contribution in [3.8, 4) is 11.3 Å². The summed E-state index contributed by atoms with van der Waals surface area (Å²) in [5, 5.41) is 3.88. The van der Waals surface area contributed by atoms with Gasteiger partial charge in [0, 0.05) is 45.5 Å². The first-order chi connectivity index (χ1) is 15.7. The molecule has 1 saturated heterocycles. The third-order valence-electron chi connectivity index (χ3n) is 5.82. The van der Waals surface area contributed by atoms with Crippen molar-refractivity contribution < 1.29 is 14.3 Å². The van der Waals surface area contributed by atoms with Gasteiger partial charge >= 0.3 is 6.09 Å². The fraction of sp³-hybridized carbons (Fsp3) is 0.522. The van der Waals surface area contributed by atoms with Crippen LogP contribution < -0.4 is 15.8 Å². The minimum Gasteiger partial charge on any atom is -0.453 e. The van der Waals surface area contributed by atoms with E-state index >= 15 is 0 Å². The molecule has 1 aromatic heterocycles. The Hall–Kier alpha value is -2.78. The monoisotopic (exact) mass is 477 g/mol. The summed E-state index contributed by atoms with van der Waals surface area (Å²) >= 11 is 6.52. The average molecular weight is 478 g/mol. The maximum absolute atomic E-state index is 13.3. The molecule has 1 amide bonds. The average Bonchev–Trinajstić information content (AvgIpc) is 3.19. The lowest BCUT2D eigenvalue weighted by molar-refractivity contribution is 0.0613. The lowest BCUT2D eigenvalue weighted by atomic mass is 10.1. The van der Waals surface area contributed by atoms with E-state index in [1.807, 2.05) is 51.0 Å². The zero-order valence-electron chi connectivity index (χ0n) is 20.0. The van der Waals surface area contributed by atoms with Crippen LogP contribution in [0.3, 0.4) is 0 Å². The first kappa shape index (κ1) is 24.9. The largest absolute Gasteiger partial charge is 0.453 e. The van der Waals surface area contributed by atoms with Crippen molar-refractivity contribution >= 4 is 29.2 Å². The molecule has 0 aliphatic carbocycles. The smallest absolute Gasteiger partial charge is 0.409 e. The van der Waals surface area contributed by atoms with Gasteiger partial charge in [-0.2, -0.15) is 0 Å². The number of hydrogen-bond acceptors (Lipinski definition) is 7. The summed E-state index contributed by atoms with van der Waals surface area (Å²) in [7, 11) is 6.92. The molecule has 1 aliphatic heterocycles. The molecule has 1 N–H and O–H groups in total. The molecule has 2 atom stereocenters. The van der Waals surface area contributed by atoms with Crippen molar-refractivity contribution in [3.05, 3.63) is 39.3 Å². The highest BCUT2D eigenvalue weighted by Gasteiger charge is 2.37. The molecule has 2 heterocycles. The number of aromatic nitrogens is 2. The van der Waals surface area contributed by atoms with E-state index in [0.29, 0.717) is 48.2 Å². The minimum absolute atomic E-state index is 0.212. The van der Waals surface area contributed by atoms with Crippen molar-refractivity contribution in [2.24, 2.45) is 7.05 Å². The van der Waals surface area contributed by atoms with Crippen molar-refractivity contribution in [1.29, 1.82) is 0 Å². The molecule has 2 aromatic rings. The van der Waals surface area contributed by atoms with Gasteiger partial charge in [-0.25, -0.2) is 9.78 Å². The maximum Gasteiger partial charge on any atom is 0.409 e. The van der Waals surface area contributed by atoms with Gasteiger partial charge in [0.15, 0.2) is 0 Å². The molecule has 10 heteroatoms. The second kappa shape index (κ2) is 10.4. The zero-order valence-corrected chi connectivity index (χ0v) is 20.8. The van der Waals surface area contributed by atoms with E-state index in [-0.39, 0.29) is 17.7 Å². The van der Waals surface area contributed by atoms with Crippen LogP contribution >= 0.6 is 11.6 Å². The number of ether oxygens (including phenoxy) is 2. The van der Waals surface area contributed by atoms with Gasteiger partial charge in [-0.05, 0) is 31.5 Å². The molecule has 180 valence electrons. The summed E-state index contributed by atoms with van der Waals surface area (Å²) in [5.41, 5.74) is 2.30. The molecule has 1 unspecified atom stereocenters.